The highest BCUT2D eigenvalue weighted by Gasteiger charge is 2.29. The minimum Gasteiger partial charge on any atom is -0.430 e. The van der Waals surface area contributed by atoms with Crippen LogP contribution in [0.15, 0.2) is 48.5 Å². The number of ether oxygens (including phenoxy) is 1. The molecule has 0 bridgehead atoms. The number of aliphatic hydroxyl groups excluding tert-OH is 1. The molecule has 132 valence electrons. The molecule has 1 atom stereocenters. The van der Waals surface area contributed by atoms with Crippen molar-refractivity contribution < 1.29 is 23.0 Å². The van der Waals surface area contributed by atoms with Gasteiger partial charge in [0, 0.05) is 6.92 Å². The number of aliphatic hydroxyl groups is 1. The molecule has 0 fully saturated rings. The standard InChI is InChI=1S/C18H17F3N2O2/c1-11(22)25-17(23)10-16(24)14-4-2-3-13(9-14)12-5-7-15(8-6-12)18(19,20)21/h2-9,16,22-24H,10H2,1H3/t16-/m1/s1. The van der Waals surface area contributed by atoms with E-state index in [2.05, 4.69) is 0 Å². The molecule has 0 aliphatic carbocycles. The maximum atomic E-state index is 12.6. The minimum atomic E-state index is -4.38. The lowest BCUT2D eigenvalue weighted by molar-refractivity contribution is -0.137. The van der Waals surface area contributed by atoms with E-state index in [0.29, 0.717) is 16.7 Å². The van der Waals surface area contributed by atoms with E-state index in [4.69, 9.17) is 15.6 Å². The zero-order chi connectivity index (χ0) is 18.6. The summed E-state index contributed by atoms with van der Waals surface area (Å²) in [7, 11) is 0. The molecule has 0 saturated carbocycles. The van der Waals surface area contributed by atoms with Gasteiger partial charge in [-0.15, -0.1) is 0 Å². The Morgan fingerprint density at radius 1 is 1.08 bits per heavy atom. The third-order valence-electron chi connectivity index (χ3n) is 3.47. The van der Waals surface area contributed by atoms with Crippen molar-refractivity contribution in [3.8, 4) is 11.1 Å². The van der Waals surface area contributed by atoms with Crippen molar-refractivity contribution in [2.45, 2.75) is 25.6 Å². The summed E-state index contributed by atoms with van der Waals surface area (Å²) in [6, 6.07) is 11.5. The molecule has 0 radical (unpaired) electrons. The maximum Gasteiger partial charge on any atom is 0.416 e. The molecule has 25 heavy (non-hydrogen) atoms. The minimum absolute atomic E-state index is 0.104. The van der Waals surface area contributed by atoms with Gasteiger partial charge in [-0.2, -0.15) is 13.2 Å². The molecule has 0 amide bonds. The molecule has 0 aliphatic rings. The highest BCUT2D eigenvalue weighted by Crippen LogP contribution is 2.31. The van der Waals surface area contributed by atoms with Crippen molar-refractivity contribution in [3.63, 3.8) is 0 Å². The lowest BCUT2D eigenvalue weighted by atomic mass is 9.98. The van der Waals surface area contributed by atoms with E-state index < -0.39 is 17.8 Å². The summed E-state index contributed by atoms with van der Waals surface area (Å²) in [4.78, 5) is 0. The van der Waals surface area contributed by atoms with Crippen molar-refractivity contribution in [2.24, 2.45) is 0 Å². The molecular weight excluding hydrogens is 333 g/mol. The summed E-state index contributed by atoms with van der Waals surface area (Å²) >= 11 is 0. The van der Waals surface area contributed by atoms with Gasteiger partial charge in [-0.1, -0.05) is 30.3 Å². The van der Waals surface area contributed by atoms with Crippen LogP contribution < -0.4 is 0 Å². The lowest BCUT2D eigenvalue weighted by Gasteiger charge is -2.13. The largest absolute Gasteiger partial charge is 0.430 e. The van der Waals surface area contributed by atoms with Crippen LogP contribution in [0.4, 0.5) is 13.2 Å². The van der Waals surface area contributed by atoms with Crippen molar-refractivity contribution in [2.75, 3.05) is 0 Å². The van der Waals surface area contributed by atoms with Crippen molar-refractivity contribution in [1.29, 1.82) is 10.8 Å². The number of alkyl halides is 3. The third kappa shape index (κ3) is 5.15. The van der Waals surface area contributed by atoms with E-state index in [1.54, 1.807) is 24.3 Å². The average molecular weight is 350 g/mol. The fraction of sp³-hybridized carbons (Fsp3) is 0.222. The highest BCUT2D eigenvalue weighted by molar-refractivity contribution is 5.87. The summed E-state index contributed by atoms with van der Waals surface area (Å²) in [6.45, 7) is 1.38. The Kier molecular flexibility index (Phi) is 5.58. The van der Waals surface area contributed by atoms with Crippen LogP contribution in [-0.2, 0) is 10.9 Å². The molecule has 0 aliphatic heterocycles. The molecular formula is C18H17F3N2O2. The maximum absolute atomic E-state index is 12.6. The second-order valence-corrected chi connectivity index (χ2v) is 5.50. The topological polar surface area (TPSA) is 77.2 Å². The zero-order valence-corrected chi connectivity index (χ0v) is 13.4. The Bertz CT molecular complexity index is 771. The quantitative estimate of drug-likeness (QED) is 0.548. The molecule has 0 aromatic heterocycles. The molecule has 0 spiro atoms. The van der Waals surface area contributed by atoms with Gasteiger partial charge in [-0.3, -0.25) is 10.8 Å². The summed E-state index contributed by atoms with van der Waals surface area (Å²) in [5, 5.41) is 24.9. The molecule has 0 unspecified atom stereocenters. The Morgan fingerprint density at radius 2 is 1.72 bits per heavy atom. The van der Waals surface area contributed by atoms with Crippen LogP contribution >= 0.6 is 0 Å². The predicted molar refractivity (Wildman–Crippen MR) is 88.7 cm³/mol. The van der Waals surface area contributed by atoms with Crippen LogP contribution in [0.3, 0.4) is 0 Å². The second kappa shape index (κ2) is 7.48. The summed E-state index contributed by atoms with van der Waals surface area (Å²) in [6.07, 6.45) is -5.50. The molecule has 7 heteroatoms. The first-order valence-electron chi connectivity index (χ1n) is 7.43. The van der Waals surface area contributed by atoms with Crippen molar-refractivity contribution in [3.05, 3.63) is 59.7 Å². The Morgan fingerprint density at radius 3 is 2.28 bits per heavy atom. The summed E-state index contributed by atoms with van der Waals surface area (Å²) < 4.78 is 42.7. The molecule has 2 rings (SSSR count). The fourth-order valence-corrected chi connectivity index (χ4v) is 2.30. The second-order valence-electron chi connectivity index (χ2n) is 5.50. The molecule has 2 aromatic carbocycles. The normalized spacial score (nSPS) is 12.5. The number of hydrogen-bond donors (Lipinski definition) is 3. The van der Waals surface area contributed by atoms with Gasteiger partial charge in [0.15, 0.2) is 11.8 Å². The van der Waals surface area contributed by atoms with Crippen LogP contribution in [0.25, 0.3) is 11.1 Å². The number of halogens is 3. The highest BCUT2D eigenvalue weighted by atomic mass is 19.4. The van der Waals surface area contributed by atoms with Gasteiger partial charge in [-0.05, 0) is 34.9 Å². The van der Waals surface area contributed by atoms with E-state index in [0.717, 1.165) is 12.1 Å². The molecule has 0 heterocycles. The smallest absolute Gasteiger partial charge is 0.416 e. The molecule has 2 aromatic rings. The fourth-order valence-electron chi connectivity index (χ4n) is 2.30. The monoisotopic (exact) mass is 350 g/mol. The first-order chi connectivity index (χ1) is 11.7. The van der Waals surface area contributed by atoms with E-state index >= 15 is 0 Å². The third-order valence-corrected chi connectivity index (χ3v) is 3.47. The number of hydrogen-bond acceptors (Lipinski definition) is 4. The first kappa shape index (κ1) is 18.7. The number of rotatable bonds is 4. The van der Waals surface area contributed by atoms with Gasteiger partial charge in [0.1, 0.15) is 0 Å². The van der Waals surface area contributed by atoms with Gasteiger partial charge in [-0.25, -0.2) is 0 Å². The van der Waals surface area contributed by atoms with Crippen LogP contribution in [0.5, 0.6) is 0 Å². The van der Waals surface area contributed by atoms with Gasteiger partial charge >= 0.3 is 6.18 Å². The molecule has 0 saturated heterocycles. The number of nitrogens with one attached hydrogen (secondary N) is 2. The van der Waals surface area contributed by atoms with Crippen molar-refractivity contribution >= 4 is 11.8 Å². The first-order valence-corrected chi connectivity index (χ1v) is 7.43. The van der Waals surface area contributed by atoms with Crippen LogP contribution in [0.2, 0.25) is 0 Å². The van der Waals surface area contributed by atoms with E-state index in [1.807, 2.05) is 0 Å². The molecule has 3 N–H and O–H groups in total. The number of benzene rings is 2. The SMILES string of the molecule is CC(=N)OC(=N)C[C@@H](O)c1cccc(-c2ccc(C(F)(F)F)cc2)c1. The Labute approximate surface area is 142 Å². The van der Waals surface area contributed by atoms with Gasteiger partial charge in [0.25, 0.3) is 0 Å². The van der Waals surface area contributed by atoms with Crippen LogP contribution in [0.1, 0.15) is 30.6 Å². The van der Waals surface area contributed by atoms with Gasteiger partial charge in [0.05, 0.1) is 18.1 Å². The predicted octanol–water partition coefficient (Wildman–Crippen LogP) is 4.79. The molecule has 4 nitrogen and oxygen atoms in total. The van der Waals surface area contributed by atoms with E-state index in [-0.39, 0.29) is 18.2 Å². The summed E-state index contributed by atoms with van der Waals surface area (Å²) in [5.74, 6) is -0.379. The van der Waals surface area contributed by atoms with Crippen molar-refractivity contribution in [1.82, 2.24) is 0 Å². The Balaban J connectivity index is 2.18. The average Bonchev–Trinajstić information content (AvgIpc) is 2.53. The van der Waals surface area contributed by atoms with Crippen LogP contribution in [0, 0.1) is 10.8 Å². The van der Waals surface area contributed by atoms with Gasteiger partial charge < -0.3 is 9.84 Å². The van der Waals surface area contributed by atoms with Crippen LogP contribution in [-0.4, -0.2) is 16.9 Å². The Hall–Kier alpha value is -2.67. The lowest BCUT2D eigenvalue weighted by Crippen LogP contribution is -2.12. The van der Waals surface area contributed by atoms with E-state index in [9.17, 15) is 18.3 Å². The summed E-state index contributed by atoms with van der Waals surface area (Å²) in [5.41, 5.74) is 1.03. The van der Waals surface area contributed by atoms with Gasteiger partial charge in [0.2, 0.25) is 0 Å². The van der Waals surface area contributed by atoms with E-state index in [1.165, 1.54) is 19.1 Å². The zero-order valence-electron chi connectivity index (χ0n) is 13.4.